The number of hydrogen-bond acceptors (Lipinski definition) is 4. The van der Waals surface area contributed by atoms with E-state index >= 15 is 4.39 Å². The van der Waals surface area contributed by atoms with Gasteiger partial charge >= 0.3 is 6.36 Å². The van der Waals surface area contributed by atoms with Crippen LogP contribution >= 0.6 is 0 Å². The van der Waals surface area contributed by atoms with E-state index in [9.17, 15) is 22.0 Å². The van der Waals surface area contributed by atoms with Gasteiger partial charge < -0.3 is 18.9 Å². The van der Waals surface area contributed by atoms with Crippen LogP contribution in [0.1, 0.15) is 23.1 Å². The highest BCUT2D eigenvalue weighted by molar-refractivity contribution is 5.84. The first kappa shape index (κ1) is 27.9. The molecule has 1 aliphatic rings. The summed E-state index contributed by atoms with van der Waals surface area (Å²) in [5, 5.41) is 1.09. The number of halogens is 6. The van der Waals surface area contributed by atoms with E-state index < -0.39 is 29.6 Å². The first-order chi connectivity index (χ1) is 18.1. The van der Waals surface area contributed by atoms with Gasteiger partial charge in [-0.2, -0.15) is 0 Å². The molecule has 0 bridgehead atoms. The van der Waals surface area contributed by atoms with Crippen molar-refractivity contribution in [3.05, 3.63) is 89.3 Å². The van der Waals surface area contributed by atoms with E-state index in [1.807, 2.05) is 12.1 Å². The molecule has 0 unspecified atom stereocenters. The third-order valence-electron chi connectivity index (χ3n) is 6.11. The van der Waals surface area contributed by atoms with Gasteiger partial charge in [-0.05, 0) is 53.5 Å². The Morgan fingerprint density at radius 3 is 2.26 bits per heavy atom. The van der Waals surface area contributed by atoms with Crippen molar-refractivity contribution in [3.63, 3.8) is 0 Å². The summed E-state index contributed by atoms with van der Waals surface area (Å²) in [5.74, 6) is -4.93. The molecule has 0 aromatic heterocycles. The second kappa shape index (κ2) is 12.2. The zero-order valence-electron chi connectivity index (χ0n) is 20.3. The summed E-state index contributed by atoms with van der Waals surface area (Å²) in [5.41, 5.74) is 1.38. The fourth-order valence-corrected chi connectivity index (χ4v) is 4.26. The SMILES string of the molecule is C=CCOC1COC(CCc2ccc3c(F)c(CCc4cc(F)c(OC(F)(F)F)c(F)c4)ccc3c2)OC1. The molecular formula is C28H26F6O4. The molecule has 0 saturated carbocycles. The second-order valence-electron chi connectivity index (χ2n) is 8.91. The molecule has 4 rings (SSSR count). The van der Waals surface area contributed by atoms with Crippen molar-refractivity contribution in [2.75, 3.05) is 19.8 Å². The van der Waals surface area contributed by atoms with Crippen LogP contribution in [0.15, 0.2) is 55.1 Å². The van der Waals surface area contributed by atoms with Gasteiger partial charge in [-0.3, -0.25) is 0 Å². The summed E-state index contributed by atoms with van der Waals surface area (Å²) in [7, 11) is 0. The summed E-state index contributed by atoms with van der Waals surface area (Å²) in [6.07, 6.45) is -2.64. The Hall–Kier alpha value is -3.08. The highest BCUT2D eigenvalue weighted by Gasteiger charge is 2.34. The number of rotatable bonds is 10. The molecule has 0 amide bonds. The van der Waals surface area contributed by atoms with Crippen molar-refractivity contribution in [2.45, 2.75) is 44.4 Å². The number of hydrogen-bond donors (Lipinski definition) is 0. The molecule has 10 heteroatoms. The minimum atomic E-state index is -5.22. The van der Waals surface area contributed by atoms with Crippen LogP contribution in [0.2, 0.25) is 0 Å². The topological polar surface area (TPSA) is 36.9 Å². The van der Waals surface area contributed by atoms with Crippen molar-refractivity contribution >= 4 is 10.8 Å². The summed E-state index contributed by atoms with van der Waals surface area (Å²) < 4.78 is 100. The molecule has 3 aromatic rings. The lowest BCUT2D eigenvalue weighted by molar-refractivity contribution is -0.276. The molecule has 204 valence electrons. The number of aryl methyl sites for hydroxylation is 3. The van der Waals surface area contributed by atoms with E-state index in [2.05, 4.69) is 11.3 Å². The molecule has 0 N–H and O–H groups in total. The molecule has 1 fully saturated rings. The largest absolute Gasteiger partial charge is 0.573 e. The third kappa shape index (κ3) is 7.27. The Kier molecular flexibility index (Phi) is 8.96. The van der Waals surface area contributed by atoms with Crippen molar-refractivity contribution in [1.29, 1.82) is 0 Å². The van der Waals surface area contributed by atoms with Gasteiger partial charge in [0.15, 0.2) is 17.9 Å². The maximum atomic E-state index is 15.2. The van der Waals surface area contributed by atoms with Gasteiger partial charge in [-0.15, -0.1) is 19.8 Å². The Morgan fingerprint density at radius 1 is 0.895 bits per heavy atom. The van der Waals surface area contributed by atoms with Gasteiger partial charge in [0.05, 0.1) is 19.8 Å². The van der Waals surface area contributed by atoms with Gasteiger partial charge in [0, 0.05) is 11.8 Å². The lowest BCUT2D eigenvalue weighted by Gasteiger charge is -2.29. The molecular weight excluding hydrogens is 514 g/mol. The van der Waals surface area contributed by atoms with Crippen molar-refractivity contribution in [3.8, 4) is 5.75 Å². The van der Waals surface area contributed by atoms with Crippen LogP contribution in [-0.4, -0.2) is 38.6 Å². The van der Waals surface area contributed by atoms with Crippen molar-refractivity contribution in [2.24, 2.45) is 0 Å². The quantitative estimate of drug-likeness (QED) is 0.209. The van der Waals surface area contributed by atoms with Crippen LogP contribution < -0.4 is 4.74 Å². The Balaban J connectivity index is 1.36. The zero-order valence-corrected chi connectivity index (χ0v) is 20.3. The molecule has 38 heavy (non-hydrogen) atoms. The molecule has 4 nitrogen and oxygen atoms in total. The second-order valence-corrected chi connectivity index (χ2v) is 8.91. The molecule has 3 aromatic carbocycles. The first-order valence-corrected chi connectivity index (χ1v) is 12.0. The minimum Gasteiger partial charge on any atom is -0.399 e. The number of benzene rings is 3. The van der Waals surface area contributed by atoms with E-state index in [0.29, 0.717) is 49.0 Å². The summed E-state index contributed by atoms with van der Waals surface area (Å²) in [4.78, 5) is 0. The Bertz CT molecular complexity index is 1250. The standard InChI is InChI=1S/C28H26F6O4/c1-2-11-35-21-15-36-25(37-16-21)10-5-17-4-9-22-20(12-17)8-7-19(26(22)31)6-3-18-13-23(29)27(24(30)14-18)38-28(32,33)34/h2,4,7-9,12-14,21,25H,1,3,5-6,10-11,15-16H2. The van der Waals surface area contributed by atoms with Gasteiger partial charge in [0.25, 0.3) is 0 Å². The molecule has 0 aliphatic carbocycles. The van der Waals surface area contributed by atoms with Gasteiger partial charge in [0.1, 0.15) is 11.9 Å². The van der Waals surface area contributed by atoms with E-state index in [-0.39, 0.29) is 30.8 Å². The summed E-state index contributed by atoms with van der Waals surface area (Å²) in [6, 6.07) is 10.2. The van der Waals surface area contributed by atoms with E-state index in [4.69, 9.17) is 14.2 Å². The molecule has 1 saturated heterocycles. The molecule has 0 radical (unpaired) electrons. The molecule has 1 aliphatic heterocycles. The van der Waals surface area contributed by atoms with Crippen LogP contribution in [0.25, 0.3) is 10.8 Å². The molecule has 1 heterocycles. The average molecular weight is 540 g/mol. The van der Waals surface area contributed by atoms with Crippen molar-refractivity contribution < 1.29 is 45.3 Å². The zero-order chi connectivity index (χ0) is 27.3. The van der Waals surface area contributed by atoms with Crippen molar-refractivity contribution in [1.82, 2.24) is 0 Å². The molecule has 0 atom stereocenters. The molecule has 0 spiro atoms. The van der Waals surface area contributed by atoms with Gasteiger partial charge in [0.2, 0.25) is 5.75 Å². The van der Waals surface area contributed by atoms with Crippen LogP contribution in [0, 0.1) is 17.5 Å². The fourth-order valence-electron chi connectivity index (χ4n) is 4.26. The Morgan fingerprint density at radius 2 is 1.61 bits per heavy atom. The van der Waals surface area contributed by atoms with Crippen LogP contribution in [0.3, 0.4) is 0 Å². The monoisotopic (exact) mass is 540 g/mol. The summed E-state index contributed by atoms with van der Waals surface area (Å²) >= 11 is 0. The van der Waals surface area contributed by atoms with Crippen LogP contribution in [0.4, 0.5) is 26.3 Å². The van der Waals surface area contributed by atoms with E-state index in [1.165, 1.54) is 0 Å². The smallest absolute Gasteiger partial charge is 0.399 e. The number of ether oxygens (including phenoxy) is 4. The van der Waals surface area contributed by atoms with Gasteiger partial charge in [-0.25, -0.2) is 13.2 Å². The fraction of sp³-hybridized carbons (Fsp3) is 0.357. The highest BCUT2D eigenvalue weighted by atomic mass is 19.4. The lowest BCUT2D eigenvalue weighted by Crippen LogP contribution is -2.37. The third-order valence-corrected chi connectivity index (χ3v) is 6.11. The maximum Gasteiger partial charge on any atom is 0.573 e. The van der Waals surface area contributed by atoms with Gasteiger partial charge in [-0.1, -0.05) is 36.4 Å². The maximum absolute atomic E-state index is 15.2. The van der Waals surface area contributed by atoms with Crippen LogP contribution in [-0.2, 0) is 33.5 Å². The summed E-state index contributed by atoms with van der Waals surface area (Å²) in [6.45, 7) is 4.92. The van der Waals surface area contributed by atoms with Crippen LogP contribution in [0.5, 0.6) is 5.75 Å². The lowest BCUT2D eigenvalue weighted by atomic mass is 9.98. The predicted octanol–water partition coefficient (Wildman–Crippen LogP) is 6.82. The predicted molar refractivity (Wildman–Crippen MR) is 128 cm³/mol. The number of fused-ring (bicyclic) bond motifs is 1. The van der Waals surface area contributed by atoms with E-state index in [1.54, 1.807) is 24.3 Å². The minimum absolute atomic E-state index is 0.0154. The van der Waals surface area contributed by atoms with E-state index in [0.717, 1.165) is 17.7 Å². The first-order valence-electron chi connectivity index (χ1n) is 12.0. The normalized spacial score (nSPS) is 18.1. The Labute approximate surface area is 215 Å². The average Bonchev–Trinajstić information content (AvgIpc) is 2.88. The number of alkyl halides is 3. The highest BCUT2D eigenvalue weighted by Crippen LogP contribution is 2.30.